The Morgan fingerprint density at radius 2 is 2.08 bits per heavy atom. The molecular weight excluding hydrogens is 548 g/mol. The molecule has 0 saturated carbocycles. The minimum atomic E-state index is -4.87. The molecule has 1 aliphatic heterocycles. The molecule has 0 bridgehead atoms. The molecule has 2 aliphatic rings. The van der Waals surface area contributed by atoms with Gasteiger partial charge in [-0.2, -0.15) is 15.1 Å². The van der Waals surface area contributed by atoms with Gasteiger partial charge in [-0.3, -0.25) is 4.57 Å². The van der Waals surface area contributed by atoms with Crippen LogP contribution in [0.1, 0.15) is 36.7 Å². The first-order chi connectivity index (χ1) is 17.9. The van der Waals surface area contributed by atoms with Crippen molar-refractivity contribution in [2.45, 2.75) is 55.7 Å². The Morgan fingerprint density at radius 3 is 2.79 bits per heavy atom. The van der Waals surface area contributed by atoms with Gasteiger partial charge in [0.1, 0.15) is 29.9 Å². The molecule has 6 atom stereocenters. The second-order valence-corrected chi connectivity index (χ2v) is 11.9. The predicted molar refractivity (Wildman–Crippen MR) is 131 cm³/mol. The molecule has 0 radical (unpaired) electrons. The maximum atomic E-state index is 13.6. The van der Waals surface area contributed by atoms with Gasteiger partial charge in [0, 0.05) is 0 Å². The molecule has 1 saturated heterocycles. The van der Waals surface area contributed by atoms with Crippen molar-refractivity contribution >= 4 is 36.0 Å². The third kappa shape index (κ3) is 4.81. The van der Waals surface area contributed by atoms with Crippen molar-refractivity contribution in [3.8, 4) is 0 Å². The largest absolute Gasteiger partial charge is 0.393 e. The molecule has 3 aromatic rings. The number of aromatic nitrogens is 4. The number of hydrogen-bond acceptors (Lipinski definition) is 10. The van der Waals surface area contributed by atoms with Crippen LogP contribution < -0.4 is 5.32 Å². The van der Waals surface area contributed by atoms with Crippen molar-refractivity contribution in [2.24, 2.45) is 0 Å². The first-order valence-corrected chi connectivity index (χ1v) is 13.7. The van der Waals surface area contributed by atoms with Crippen LogP contribution in [0.25, 0.3) is 11.0 Å². The molecule has 16 heteroatoms. The van der Waals surface area contributed by atoms with Crippen LogP contribution in [0, 0.1) is 5.82 Å². The van der Waals surface area contributed by atoms with Crippen LogP contribution in [-0.4, -0.2) is 81.7 Å². The maximum absolute atomic E-state index is 13.6. The number of benzene rings is 1. The van der Waals surface area contributed by atoms with Gasteiger partial charge in [-0.25, -0.2) is 9.07 Å². The molecule has 0 amide bonds. The van der Waals surface area contributed by atoms with Gasteiger partial charge >= 0.3 is 7.60 Å². The lowest BCUT2D eigenvalue weighted by molar-refractivity contribution is -0.104. The number of halogens is 2. The topological polar surface area (TPSA) is 192 Å². The van der Waals surface area contributed by atoms with E-state index in [-0.39, 0.29) is 22.8 Å². The highest BCUT2D eigenvalue weighted by Crippen LogP contribution is 2.51. The number of anilines is 1. The van der Waals surface area contributed by atoms with E-state index in [9.17, 15) is 34.1 Å². The highest BCUT2D eigenvalue weighted by Gasteiger charge is 2.48. The molecule has 5 rings (SSSR count). The minimum Gasteiger partial charge on any atom is -0.393 e. The second-order valence-electron chi connectivity index (χ2n) is 9.48. The van der Waals surface area contributed by atoms with Crippen LogP contribution in [0.2, 0.25) is 5.28 Å². The average Bonchev–Trinajstić information content (AvgIpc) is 3.53. The summed E-state index contributed by atoms with van der Waals surface area (Å²) >= 11 is 6.20. The van der Waals surface area contributed by atoms with E-state index in [1.807, 2.05) is 0 Å². The number of aryl methyl sites for hydroxylation is 1. The van der Waals surface area contributed by atoms with Gasteiger partial charge in [-0.05, 0) is 54.6 Å². The van der Waals surface area contributed by atoms with Gasteiger partial charge in [-0.15, -0.1) is 0 Å². The molecule has 1 fully saturated rings. The molecule has 3 heterocycles. The highest BCUT2D eigenvalue weighted by atomic mass is 35.5. The monoisotopic (exact) mass is 573 g/mol. The molecule has 206 valence electrons. The van der Waals surface area contributed by atoms with Crippen LogP contribution in [0.15, 0.2) is 24.4 Å². The fourth-order valence-electron chi connectivity index (χ4n) is 4.65. The van der Waals surface area contributed by atoms with Gasteiger partial charge in [0.25, 0.3) is 0 Å². The van der Waals surface area contributed by atoms with E-state index in [1.54, 1.807) is 6.07 Å². The molecule has 38 heavy (non-hydrogen) atoms. The van der Waals surface area contributed by atoms with Gasteiger partial charge in [-0.1, -0.05) is 6.07 Å². The van der Waals surface area contributed by atoms with E-state index in [0.29, 0.717) is 24.0 Å². The number of nitrogens with one attached hydrogen (secondary N) is 1. The summed E-state index contributed by atoms with van der Waals surface area (Å²) in [6.07, 6.45) is -2.65. The lowest BCUT2D eigenvalue weighted by Crippen LogP contribution is -2.39. The minimum absolute atomic E-state index is 0.118. The fourth-order valence-corrected chi connectivity index (χ4v) is 5.24. The van der Waals surface area contributed by atoms with Gasteiger partial charge in [0.15, 0.2) is 17.2 Å². The zero-order valence-electron chi connectivity index (χ0n) is 20.0. The Kier molecular flexibility index (Phi) is 7.22. The van der Waals surface area contributed by atoms with Crippen molar-refractivity contribution in [1.82, 2.24) is 19.7 Å². The van der Waals surface area contributed by atoms with E-state index in [2.05, 4.69) is 20.4 Å². The number of aliphatic hydroxyl groups is 3. The number of rotatable bonds is 8. The van der Waals surface area contributed by atoms with E-state index in [0.717, 1.165) is 18.1 Å². The zero-order chi connectivity index (χ0) is 27.4. The van der Waals surface area contributed by atoms with Crippen LogP contribution in [0.3, 0.4) is 0 Å². The van der Waals surface area contributed by atoms with Crippen LogP contribution in [0.4, 0.5) is 10.2 Å². The lowest BCUT2D eigenvalue weighted by atomic mass is 10.1. The number of fused-ring (bicyclic) bond motifs is 2. The zero-order valence-corrected chi connectivity index (χ0v) is 21.6. The molecule has 1 aromatic carbocycles. The normalized spacial score (nSPS) is 27.0. The van der Waals surface area contributed by atoms with E-state index >= 15 is 0 Å². The number of hydrogen-bond donors (Lipinski definition) is 6. The van der Waals surface area contributed by atoms with Crippen molar-refractivity contribution < 1.29 is 43.5 Å². The Hall–Kier alpha value is -2.26. The maximum Gasteiger partial charge on any atom is 0.359 e. The average molecular weight is 574 g/mol. The summed E-state index contributed by atoms with van der Waals surface area (Å²) in [4.78, 5) is 27.4. The molecule has 2 aromatic heterocycles. The first-order valence-electron chi connectivity index (χ1n) is 11.7. The Balaban J connectivity index is 1.39. The first kappa shape index (κ1) is 27.3. The van der Waals surface area contributed by atoms with Crippen LogP contribution >= 0.6 is 19.2 Å². The van der Waals surface area contributed by atoms with Crippen molar-refractivity contribution in [3.05, 3.63) is 46.6 Å². The summed E-state index contributed by atoms with van der Waals surface area (Å²) in [5.74, 6) is 0.0589. The SMILES string of the molecule is CC(CO)(OC[C@H]1O[C@@H](n2ncc3c(N[C@@H]4CCc5cc(F)ccc54)nc(Cl)nc32)[C@H](O)[C@@H]1O)P(=O)(O)O. The molecule has 1 aliphatic carbocycles. The number of nitrogens with zero attached hydrogens (tertiary/aromatic N) is 4. The quantitative estimate of drug-likeness (QED) is 0.167. The van der Waals surface area contributed by atoms with E-state index < -0.39 is 50.7 Å². The Labute approximate surface area is 220 Å². The van der Waals surface area contributed by atoms with Crippen molar-refractivity contribution in [1.29, 1.82) is 0 Å². The van der Waals surface area contributed by atoms with Gasteiger partial charge in [0.05, 0.1) is 30.8 Å². The number of ether oxygens (including phenoxy) is 2. The fraction of sp³-hybridized carbons (Fsp3) is 0.500. The highest BCUT2D eigenvalue weighted by molar-refractivity contribution is 7.53. The Bertz CT molecular complexity index is 1410. The summed E-state index contributed by atoms with van der Waals surface area (Å²) in [6.45, 7) is -0.501. The van der Waals surface area contributed by atoms with E-state index in [1.165, 1.54) is 23.0 Å². The molecular formula is C22H26ClFN5O8P. The van der Waals surface area contributed by atoms with Gasteiger partial charge < -0.3 is 39.9 Å². The summed E-state index contributed by atoms with van der Waals surface area (Å²) in [5.41, 5.74) is 2.03. The molecule has 0 spiro atoms. The van der Waals surface area contributed by atoms with Crippen LogP contribution in [-0.2, 0) is 20.5 Å². The summed E-state index contributed by atoms with van der Waals surface area (Å²) in [6, 6.07) is 4.46. The smallest absolute Gasteiger partial charge is 0.359 e. The Morgan fingerprint density at radius 1 is 1.32 bits per heavy atom. The third-order valence-corrected chi connectivity index (χ3v) is 8.64. The van der Waals surface area contributed by atoms with Crippen molar-refractivity contribution in [2.75, 3.05) is 18.5 Å². The third-order valence-electron chi connectivity index (χ3n) is 6.97. The van der Waals surface area contributed by atoms with Crippen LogP contribution in [0.5, 0.6) is 0 Å². The summed E-state index contributed by atoms with van der Waals surface area (Å²) in [5, 5.41) is 36.3. The second kappa shape index (κ2) is 10.0. The molecule has 1 unspecified atom stereocenters. The summed E-state index contributed by atoms with van der Waals surface area (Å²) < 4.78 is 37.5. The number of aliphatic hydroxyl groups excluding tert-OH is 3. The predicted octanol–water partition coefficient (Wildman–Crippen LogP) is 1.24. The standard InChI is InChI=1S/C22H26ClFN5O8P/c1-22(9-30,38(33,34)35)36-8-15-16(31)17(32)20(37-15)29-19-13(7-25-29)18(27-21(23)28-19)26-14-5-2-10-6-11(24)3-4-12(10)14/h3-4,6-7,14-17,20,30-32H,2,5,8-9H2,1H3,(H,26,27,28)(H2,33,34,35)/t14-,15-,16-,17-,20-,22?/m1/s1. The molecule has 6 N–H and O–H groups in total. The van der Waals surface area contributed by atoms with Gasteiger partial charge in [0.2, 0.25) is 5.28 Å². The van der Waals surface area contributed by atoms with E-state index in [4.69, 9.17) is 21.1 Å². The lowest BCUT2D eigenvalue weighted by Gasteiger charge is -2.29. The summed E-state index contributed by atoms with van der Waals surface area (Å²) in [7, 11) is -4.87. The van der Waals surface area contributed by atoms with Crippen molar-refractivity contribution in [3.63, 3.8) is 0 Å². The molecule has 13 nitrogen and oxygen atoms in total.